The molecule has 1 unspecified atom stereocenters. The van der Waals surface area contributed by atoms with Gasteiger partial charge in [-0.2, -0.15) is 0 Å². The molecule has 1 fully saturated rings. The van der Waals surface area contributed by atoms with Gasteiger partial charge in [0.1, 0.15) is 21.1 Å². The molecule has 0 saturated carbocycles. The average molecular weight is 342 g/mol. The van der Waals surface area contributed by atoms with Crippen LogP contribution in [0.2, 0.25) is 0 Å². The zero-order valence-corrected chi connectivity index (χ0v) is 13.2. The molecule has 3 N–H and O–H groups in total. The minimum atomic E-state index is -1.27. The van der Waals surface area contributed by atoms with Crippen LogP contribution in [0.3, 0.4) is 0 Å². The molecule has 0 aliphatic carbocycles. The van der Waals surface area contributed by atoms with E-state index in [0.29, 0.717) is 16.3 Å². The number of thiocarbonyl (C=S) groups is 1. The number of aliphatic carboxylic acids is 1. The summed E-state index contributed by atoms with van der Waals surface area (Å²) >= 11 is 7.50. The van der Waals surface area contributed by atoms with Crippen LogP contribution in [-0.2, 0) is 9.59 Å². The second-order valence-corrected chi connectivity index (χ2v) is 7.13. The molecule has 2 aliphatic rings. The van der Waals surface area contributed by atoms with Crippen LogP contribution in [0.25, 0.3) is 5.57 Å². The number of amides is 1. The van der Waals surface area contributed by atoms with E-state index in [-0.39, 0.29) is 5.70 Å². The fourth-order valence-electron chi connectivity index (χ4n) is 2.30. The van der Waals surface area contributed by atoms with Gasteiger partial charge in [-0.25, -0.2) is 4.79 Å². The van der Waals surface area contributed by atoms with Gasteiger partial charge in [0, 0.05) is 16.7 Å². The van der Waals surface area contributed by atoms with Crippen LogP contribution in [-0.4, -0.2) is 54.1 Å². The third-order valence-electron chi connectivity index (χ3n) is 3.33. The number of hydrogen-bond donors (Lipinski definition) is 2. The van der Waals surface area contributed by atoms with Gasteiger partial charge in [0.2, 0.25) is 0 Å². The van der Waals surface area contributed by atoms with Crippen molar-refractivity contribution in [3.63, 3.8) is 0 Å². The number of fused-ring (bicyclic) bond motifs is 1. The Bertz CT molecular complexity index is 701. The summed E-state index contributed by atoms with van der Waals surface area (Å²) in [4.78, 5) is 25.0. The van der Waals surface area contributed by atoms with Gasteiger partial charge in [-0.3, -0.25) is 9.69 Å². The van der Waals surface area contributed by atoms with Crippen LogP contribution in [0.15, 0.2) is 5.70 Å². The standard InChI is InChI=1S/C11H10N4O3S3/c1-4-13-14-7(21-4)5-2-20-10-11(12,3-19)9(18)15(10)6(5)8(16)17/h3,10H,2,12H2,1H3,(H,16,17)/t10-,11?/m0/s1. The lowest BCUT2D eigenvalue weighted by atomic mass is 9.89. The molecule has 110 valence electrons. The third kappa shape index (κ3) is 1.94. The molecule has 1 amide bonds. The number of carbonyl (C=O) groups excluding carboxylic acids is 1. The summed E-state index contributed by atoms with van der Waals surface area (Å²) in [6.45, 7) is 1.78. The van der Waals surface area contributed by atoms with Gasteiger partial charge >= 0.3 is 5.97 Å². The quantitative estimate of drug-likeness (QED) is 0.594. The normalized spacial score (nSPS) is 28.2. The van der Waals surface area contributed by atoms with E-state index in [1.54, 1.807) is 6.92 Å². The average Bonchev–Trinajstić information content (AvgIpc) is 2.90. The third-order valence-corrected chi connectivity index (χ3v) is 5.99. The van der Waals surface area contributed by atoms with E-state index in [9.17, 15) is 14.7 Å². The first-order chi connectivity index (χ1) is 9.90. The van der Waals surface area contributed by atoms with Gasteiger partial charge in [-0.15, -0.1) is 22.0 Å². The largest absolute Gasteiger partial charge is 0.477 e. The summed E-state index contributed by atoms with van der Waals surface area (Å²) in [5, 5.41) is 19.3. The molecule has 1 aromatic heterocycles. The second-order valence-electron chi connectivity index (χ2n) is 4.65. The van der Waals surface area contributed by atoms with Crippen molar-refractivity contribution in [3.8, 4) is 0 Å². The number of hydrogen-bond acceptors (Lipinski definition) is 8. The minimum Gasteiger partial charge on any atom is -0.477 e. The molecule has 0 bridgehead atoms. The van der Waals surface area contributed by atoms with Crippen molar-refractivity contribution < 1.29 is 14.7 Å². The molecule has 7 nitrogen and oxygen atoms in total. The SMILES string of the molecule is Cc1nnc(C2=C(C(=O)O)N3C(=O)C(N)(C=S)[C@@H]3SC2)s1. The van der Waals surface area contributed by atoms with Gasteiger partial charge in [0.25, 0.3) is 5.91 Å². The van der Waals surface area contributed by atoms with Crippen LogP contribution in [0, 0.1) is 6.92 Å². The lowest BCUT2D eigenvalue weighted by Gasteiger charge is -2.53. The van der Waals surface area contributed by atoms with E-state index in [4.69, 9.17) is 18.0 Å². The first-order valence-electron chi connectivity index (χ1n) is 5.87. The zero-order valence-electron chi connectivity index (χ0n) is 10.8. The lowest BCUT2D eigenvalue weighted by molar-refractivity contribution is -0.150. The van der Waals surface area contributed by atoms with Crippen LogP contribution in [0.1, 0.15) is 10.0 Å². The van der Waals surface area contributed by atoms with Gasteiger partial charge < -0.3 is 10.8 Å². The van der Waals surface area contributed by atoms with Crippen molar-refractivity contribution in [1.82, 2.24) is 15.1 Å². The molecule has 0 spiro atoms. The van der Waals surface area contributed by atoms with Crippen LogP contribution in [0.5, 0.6) is 0 Å². The maximum absolute atomic E-state index is 12.2. The highest BCUT2D eigenvalue weighted by molar-refractivity contribution is 8.00. The monoisotopic (exact) mass is 342 g/mol. The first-order valence-corrected chi connectivity index (χ1v) is 8.21. The Kier molecular flexibility index (Phi) is 3.35. The van der Waals surface area contributed by atoms with Crippen molar-refractivity contribution in [2.24, 2.45) is 5.73 Å². The van der Waals surface area contributed by atoms with Crippen molar-refractivity contribution in [2.45, 2.75) is 17.8 Å². The van der Waals surface area contributed by atoms with Crippen LogP contribution in [0.4, 0.5) is 0 Å². The minimum absolute atomic E-state index is 0.0715. The van der Waals surface area contributed by atoms with Gasteiger partial charge in [-0.1, -0.05) is 23.6 Å². The maximum atomic E-state index is 12.2. The molecule has 2 aliphatic heterocycles. The molecular formula is C11H10N4O3S3. The molecule has 0 radical (unpaired) electrons. The van der Waals surface area contributed by atoms with E-state index >= 15 is 0 Å². The van der Waals surface area contributed by atoms with Crippen molar-refractivity contribution >= 4 is 58.1 Å². The van der Waals surface area contributed by atoms with E-state index in [1.165, 1.54) is 33.4 Å². The second kappa shape index (κ2) is 4.83. The molecule has 10 heteroatoms. The number of nitrogens with two attached hydrogens (primary N) is 1. The number of β-lactam (4-membered cyclic amide) rings is 1. The smallest absolute Gasteiger partial charge is 0.353 e. The highest BCUT2D eigenvalue weighted by Crippen LogP contribution is 2.46. The molecule has 0 aromatic carbocycles. The number of nitrogens with zero attached hydrogens (tertiary/aromatic N) is 3. The number of carboxylic acids is 1. The molecule has 1 saturated heterocycles. The van der Waals surface area contributed by atoms with Crippen molar-refractivity contribution in [1.29, 1.82) is 0 Å². The van der Waals surface area contributed by atoms with E-state index in [0.717, 1.165) is 5.01 Å². The zero-order chi connectivity index (χ0) is 15.4. The molecule has 3 heterocycles. The topological polar surface area (TPSA) is 109 Å². The number of thioether (sulfide) groups is 1. The summed E-state index contributed by atoms with van der Waals surface area (Å²) in [6.07, 6.45) is 0. The predicted octanol–water partition coefficient (Wildman–Crippen LogP) is 0.255. The van der Waals surface area contributed by atoms with Gasteiger partial charge in [-0.05, 0) is 6.92 Å². The predicted molar refractivity (Wildman–Crippen MR) is 82.9 cm³/mol. The fourth-order valence-corrected chi connectivity index (χ4v) is 4.83. The maximum Gasteiger partial charge on any atom is 0.353 e. The van der Waals surface area contributed by atoms with E-state index in [2.05, 4.69) is 10.2 Å². The highest BCUT2D eigenvalue weighted by atomic mass is 32.2. The van der Waals surface area contributed by atoms with Gasteiger partial charge in [0.05, 0.1) is 0 Å². The Morgan fingerprint density at radius 3 is 2.86 bits per heavy atom. The Labute approximate surface area is 133 Å². The first kappa shape index (κ1) is 14.6. The van der Waals surface area contributed by atoms with Gasteiger partial charge in [0.15, 0.2) is 5.54 Å². The summed E-state index contributed by atoms with van der Waals surface area (Å²) < 4.78 is 0. The Morgan fingerprint density at radius 2 is 2.33 bits per heavy atom. The molecule has 21 heavy (non-hydrogen) atoms. The van der Waals surface area contributed by atoms with Crippen molar-refractivity contribution in [2.75, 3.05) is 5.75 Å². The lowest BCUT2D eigenvalue weighted by Crippen LogP contribution is -2.78. The van der Waals surface area contributed by atoms with Crippen LogP contribution < -0.4 is 5.73 Å². The molecule has 1 aromatic rings. The summed E-state index contributed by atoms with van der Waals surface area (Å²) in [7, 11) is 0. The van der Waals surface area contributed by atoms with Crippen molar-refractivity contribution in [3.05, 3.63) is 15.7 Å². The number of aromatic nitrogens is 2. The highest BCUT2D eigenvalue weighted by Gasteiger charge is 2.61. The van der Waals surface area contributed by atoms with E-state index in [1.807, 2.05) is 0 Å². The fraction of sp³-hybridized carbons (Fsp3) is 0.364. The number of carbonyl (C=O) groups is 2. The molecule has 3 rings (SSSR count). The van der Waals surface area contributed by atoms with Crippen LogP contribution >= 0.6 is 35.3 Å². The summed E-state index contributed by atoms with van der Waals surface area (Å²) in [5.41, 5.74) is 5.09. The Hall–Kier alpha value is -1.36. The summed E-state index contributed by atoms with van der Waals surface area (Å²) in [6, 6.07) is 0. The Morgan fingerprint density at radius 1 is 1.62 bits per heavy atom. The number of rotatable bonds is 3. The van der Waals surface area contributed by atoms with E-state index < -0.39 is 22.8 Å². The Balaban J connectivity index is 2.10. The molecule has 2 atom stereocenters. The molecular weight excluding hydrogens is 332 g/mol. The number of carboxylic acid groups (broad SMARTS) is 1. The number of aryl methyl sites for hydroxylation is 1. The summed E-state index contributed by atoms with van der Waals surface area (Å²) in [5.74, 6) is -1.28.